The average molecular weight is 395 g/mol. The third-order valence-corrected chi connectivity index (χ3v) is 5.55. The van der Waals surface area contributed by atoms with Gasteiger partial charge in [0.1, 0.15) is 5.56 Å². The van der Waals surface area contributed by atoms with Crippen molar-refractivity contribution in [1.82, 2.24) is 15.2 Å². The molecule has 1 aliphatic carbocycles. The standard InChI is InChI=1S/C22H25N3O4/c26-20-7-3-6-19-17(20)12-18(22(28)24-19)21(27)23-13-15-4-1-2-5-16(15)14-25-8-10-29-11-9-25/h1-2,4-5,12H,3,6-11,13-14H2,(H,23,27)(H,24,28). The molecular weight excluding hydrogens is 370 g/mol. The fraction of sp³-hybridized carbons (Fsp3) is 0.409. The summed E-state index contributed by atoms with van der Waals surface area (Å²) >= 11 is 0. The normalized spacial score (nSPS) is 17.0. The molecule has 1 fully saturated rings. The van der Waals surface area contributed by atoms with Gasteiger partial charge in [0.2, 0.25) is 0 Å². The van der Waals surface area contributed by atoms with Gasteiger partial charge in [-0.05, 0) is 30.0 Å². The van der Waals surface area contributed by atoms with Gasteiger partial charge in [-0.15, -0.1) is 0 Å². The van der Waals surface area contributed by atoms with Gasteiger partial charge in [-0.1, -0.05) is 24.3 Å². The van der Waals surface area contributed by atoms with Crippen LogP contribution in [0.25, 0.3) is 0 Å². The van der Waals surface area contributed by atoms with E-state index in [9.17, 15) is 14.4 Å². The molecule has 1 aromatic carbocycles. The van der Waals surface area contributed by atoms with Crippen molar-refractivity contribution >= 4 is 11.7 Å². The van der Waals surface area contributed by atoms with Gasteiger partial charge < -0.3 is 15.0 Å². The van der Waals surface area contributed by atoms with Gasteiger partial charge in [0.05, 0.1) is 13.2 Å². The van der Waals surface area contributed by atoms with Gasteiger partial charge in [-0.3, -0.25) is 19.3 Å². The van der Waals surface area contributed by atoms with Crippen molar-refractivity contribution in [2.75, 3.05) is 26.3 Å². The largest absolute Gasteiger partial charge is 0.379 e. The molecule has 4 rings (SSSR count). The lowest BCUT2D eigenvalue weighted by molar-refractivity contribution is 0.0340. The number of H-pyrrole nitrogens is 1. The topological polar surface area (TPSA) is 91.5 Å². The first-order valence-electron chi connectivity index (χ1n) is 10.1. The summed E-state index contributed by atoms with van der Waals surface area (Å²) in [4.78, 5) is 42.2. The summed E-state index contributed by atoms with van der Waals surface area (Å²) in [7, 11) is 0. The molecule has 0 spiro atoms. The first kappa shape index (κ1) is 19.5. The van der Waals surface area contributed by atoms with E-state index in [1.807, 2.05) is 18.2 Å². The Morgan fingerprint density at radius 3 is 2.66 bits per heavy atom. The number of carbonyl (C=O) groups excluding carboxylic acids is 2. The number of amides is 1. The molecule has 2 N–H and O–H groups in total. The van der Waals surface area contributed by atoms with Crippen LogP contribution in [0.2, 0.25) is 0 Å². The second-order valence-corrected chi connectivity index (χ2v) is 7.52. The van der Waals surface area contributed by atoms with Crippen molar-refractivity contribution in [3.63, 3.8) is 0 Å². The number of hydrogen-bond donors (Lipinski definition) is 2. The molecule has 0 bridgehead atoms. The van der Waals surface area contributed by atoms with Gasteiger partial charge in [-0.2, -0.15) is 0 Å². The lowest BCUT2D eigenvalue weighted by Gasteiger charge is -2.27. The highest BCUT2D eigenvalue weighted by Gasteiger charge is 2.22. The zero-order chi connectivity index (χ0) is 20.2. The Balaban J connectivity index is 1.47. The summed E-state index contributed by atoms with van der Waals surface area (Å²) in [5.41, 5.74) is 2.80. The van der Waals surface area contributed by atoms with Gasteiger partial charge in [0, 0.05) is 43.9 Å². The number of nitrogens with zero attached hydrogens (tertiary/aromatic N) is 1. The lowest BCUT2D eigenvalue weighted by Crippen LogP contribution is -2.36. The monoisotopic (exact) mass is 395 g/mol. The smallest absolute Gasteiger partial charge is 0.261 e. The second-order valence-electron chi connectivity index (χ2n) is 7.52. The Bertz CT molecular complexity index is 976. The molecule has 29 heavy (non-hydrogen) atoms. The SMILES string of the molecule is O=C1CCCc2[nH]c(=O)c(C(=O)NCc3ccccc3CN3CCOCC3)cc21. The average Bonchev–Trinajstić information content (AvgIpc) is 2.73. The highest BCUT2D eigenvalue weighted by atomic mass is 16.5. The van der Waals surface area contributed by atoms with Gasteiger partial charge in [-0.25, -0.2) is 0 Å². The van der Waals surface area contributed by atoms with Crippen LogP contribution >= 0.6 is 0 Å². The van der Waals surface area contributed by atoms with Crippen LogP contribution < -0.4 is 10.9 Å². The van der Waals surface area contributed by atoms with Gasteiger partial charge in [0.15, 0.2) is 5.78 Å². The maximum absolute atomic E-state index is 12.7. The van der Waals surface area contributed by atoms with Crippen molar-refractivity contribution < 1.29 is 14.3 Å². The maximum Gasteiger partial charge on any atom is 0.261 e. The predicted octanol–water partition coefficient (Wildman–Crippen LogP) is 1.66. The Kier molecular flexibility index (Phi) is 5.87. The maximum atomic E-state index is 12.7. The number of hydrogen-bond acceptors (Lipinski definition) is 5. The summed E-state index contributed by atoms with van der Waals surface area (Å²) in [5.74, 6) is -0.485. The van der Waals surface area contributed by atoms with E-state index in [1.54, 1.807) is 0 Å². The summed E-state index contributed by atoms with van der Waals surface area (Å²) in [6.07, 6.45) is 1.84. The summed E-state index contributed by atoms with van der Waals surface area (Å²) in [5, 5.41) is 2.84. The minimum Gasteiger partial charge on any atom is -0.379 e. The molecule has 2 aromatic rings. The van der Waals surface area contributed by atoms with E-state index in [2.05, 4.69) is 21.3 Å². The van der Waals surface area contributed by atoms with Crippen LogP contribution in [0.4, 0.5) is 0 Å². The highest BCUT2D eigenvalue weighted by Crippen LogP contribution is 2.19. The molecule has 0 saturated carbocycles. The third-order valence-electron chi connectivity index (χ3n) is 5.55. The van der Waals surface area contributed by atoms with E-state index in [0.717, 1.165) is 50.4 Å². The number of benzene rings is 1. The molecule has 2 heterocycles. The molecule has 1 amide bonds. The molecule has 1 saturated heterocycles. The van der Waals surface area contributed by atoms with E-state index in [0.29, 0.717) is 30.6 Å². The van der Waals surface area contributed by atoms with Crippen molar-refractivity contribution in [3.05, 3.63) is 68.6 Å². The number of aryl methyl sites for hydroxylation is 1. The number of aromatic nitrogens is 1. The minimum atomic E-state index is -0.464. The van der Waals surface area contributed by atoms with Crippen LogP contribution in [-0.2, 0) is 24.2 Å². The lowest BCUT2D eigenvalue weighted by atomic mass is 9.93. The van der Waals surface area contributed by atoms with Gasteiger partial charge in [0.25, 0.3) is 11.5 Å². The van der Waals surface area contributed by atoms with Crippen LogP contribution in [-0.4, -0.2) is 47.9 Å². The van der Waals surface area contributed by atoms with Crippen LogP contribution in [0.1, 0.15) is 50.4 Å². The van der Waals surface area contributed by atoms with Crippen molar-refractivity contribution in [2.45, 2.75) is 32.4 Å². The first-order chi connectivity index (χ1) is 14.1. The number of morpholine rings is 1. The van der Waals surface area contributed by atoms with Crippen LogP contribution in [0.3, 0.4) is 0 Å². The molecule has 0 unspecified atom stereocenters. The Morgan fingerprint density at radius 1 is 1.10 bits per heavy atom. The highest BCUT2D eigenvalue weighted by molar-refractivity contribution is 6.01. The number of ketones is 1. The number of aromatic amines is 1. The number of pyridine rings is 1. The number of carbonyl (C=O) groups is 2. The van der Waals surface area contributed by atoms with Gasteiger partial charge >= 0.3 is 0 Å². The summed E-state index contributed by atoms with van der Waals surface area (Å²) < 4.78 is 5.40. The Hall–Kier alpha value is -2.77. The molecular formula is C22H25N3O4. The van der Waals surface area contributed by atoms with E-state index in [-0.39, 0.29) is 11.3 Å². The third kappa shape index (κ3) is 4.46. The zero-order valence-corrected chi connectivity index (χ0v) is 16.3. The summed E-state index contributed by atoms with van der Waals surface area (Å²) in [6, 6.07) is 9.41. The molecule has 7 nitrogen and oxygen atoms in total. The number of fused-ring (bicyclic) bond motifs is 1. The van der Waals surface area contributed by atoms with Crippen molar-refractivity contribution in [1.29, 1.82) is 0 Å². The minimum absolute atomic E-state index is 0.00957. The Morgan fingerprint density at radius 2 is 1.86 bits per heavy atom. The van der Waals surface area contributed by atoms with E-state index in [1.165, 1.54) is 6.07 Å². The van der Waals surface area contributed by atoms with Crippen LogP contribution in [0, 0.1) is 0 Å². The van der Waals surface area contributed by atoms with Crippen molar-refractivity contribution in [3.8, 4) is 0 Å². The molecule has 1 aromatic heterocycles. The fourth-order valence-electron chi connectivity index (χ4n) is 3.90. The molecule has 1 aliphatic heterocycles. The number of Topliss-reactive ketones (excluding diaryl/α,β-unsaturated/α-hetero) is 1. The number of nitrogens with one attached hydrogen (secondary N) is 2. The number of rotatable bonds is 5. The van der Waals surface area contributed by atoms with Crippen molar-refractivity contribution in [2.24, 2.45) is 0 Å². The fourth-order valence-corrected chi connectivity index (χ4v) is 3.90. The Labute approximate surface area is 169 Å². The predicted molar refractivity (Wildman–Crippen MR) is 108 cm³/mol. The molecule has 0 radical (unpaired) electrons. The quantitative estimate of drug-likeness (QED) is 0.803. The van der Waals surface area contributed by atoms with Crippen LogP contribution in [0.5, 0.6) is 0 Å². The summed E-state index contributed by atoms with van der Waals surface area (Å²) in [6.45, 7) is 4.36. The van der Waals surface area contributed by atoms with E-state index < -0.39 is 11.5 Å². The molecule has 7 heteroatoms. The second kappa shape index (κ2) is 8.71. The first-order valence-corrected chi connectivity index (χ1v) is 10.1. The van der Waals surface area contributed by atoms with E-state index >= 15 is 0 Å². The molecule has 0 atom stereocenters. The van der Waals surface area contributed by atoms with E-state index in [4.69, 9.17) is 4.74 Å². The number of ether oxygens (including phenoxy) is 1. The molecule has 2 aliphatic rings. The molecule has 152 valence electrons. The zero-order valence-electron chi connectivity index (χ0n) is 16.3. The van der Waals surface area contributed by atoms with Crippen LogP contribution in [0.15, 0.2) is 35.1 Å².